The van der Waals surface area contributed by atoms with Gasteiger partial charge in [-0.25, -0.2) is 8.42 Å². The van der Waals surface area contributed by atoms with Crippen molar-refractivity contribution < 1.29 is 18.0 Å². The van der Waals surface area contributed by atoms with Crippen LogP contribution in [0.2, 0.25) is 5.02 Å². The average molecular weight is 508 g/mol. The fraction of sp³-hybridized carbons (Fsp3) is 0.680. The van der Waals surface area contributed by atoms with Crippen molar-refractivity contribution in [3.05, 3.63) is 28.8 Å². The van der Waals surface area contributed by atoms with Gasteiger partial charge in [-0.05, 0) is 87.3 Å². The van der Waals surface area contributed by atoms with Crippen LogP contribution in [0.4, 0.5) is 5.69 Å². The summed E-state index contributed by atoms with van der Waals surface area (Å²) in [7, 11) is -3.07. The van der Waals surface area contributed by atoms with Crippen LogP contribution >= 0.6 is 11.6 Å². The maximum atomic E-state index is 14.1. The Labute approximate surface area is 207 Å². The number of benzene rings is 1. The van der Waals surface area contributed by atoms with Gasteiger partial charge in [0.25, 0.3) is 0 Å². The Bertz CT molecular complexity index is 1060. The largest absolute Gasteiger partial charge is 0.369 e. The minimum absolute atomic E-state index is 0.0397. The van der Waals surface area contributed by atoms with Gasteiger partial charge in [-0.15, -0.1) is 0 Å². The molecule has 3 N–H and O–H groups in total. The molecule has 1 aromatic rings. The van der Waals surface area contributed by atoms with Crippen molar-refractivity contribution >= 4 is 40.0 Å². The van der Waals surface area contributed by atoms with Crippen molar-refractivity contribution in [3.63, 3.8) is 0 Å². The Kier molecular flexibility index (Phi) is 6.12. The van der Waals surface area contributed by atoms with E-state index in [-0.39, 0.29) is 29.7 Å². The van der Waals surface area contributed by atoms with Gasteiger partial charge >= 0.3 is 0 Å². The van der Waals surface area contributed by atoms with Crippen LogP contribution in [0.15, 0.2) is 18.2 Å². The second-order valence-electron chi connectivity index (χ2n) is 11.1. The number of thiol groups is 1. The summed E-state index contributed by atoms with van der Waals surface area (Å²) in [5, 5.41) is 3.81. The van der Waals surface area contributed by atoms with Crippen molar-refractivity contribution in [1.29, 1.82) is 0 Å². The van der Waals surface area contributed by atoms with Gasteiger partial charge in [-0.2, -0.15) is 0 Å². The molecule has 0 aromatic heterocycles. The van der Waals surface area contributed by atoms with E-state index in [0.29, 0.717) is 35.0 Å². The summed E-state index contributed by atoms with van der Waals surface area (Å²) in [6, 6.07) is 5.15. The lowest BCUT2D eigenvalue weighted by Gasteiger charge is -2.59. The zero-order valence-electron chi connectivity index (χ0n) is 19.6. The highest BCUT2D eigenvalue weighted by atomic mass is 35.5. The van der Waals surface area contributed by atoms with Gasteiger partial charge in [0.1, 0.15) is 5.54 Å². The number of nitrogens with two attached hydrogens (primary N) is 1. The van der Waals surface area contributed by atoms with Crippen molar-refractivity contribution in [3.8, 4) is 0 Å². The first kappa shape index (κ1) is 23.9. The highest BCUT2D eigenvalue weighted by molar-refractivity contribution is 7.74. The second kappa shape index (κ2) is 8.70. The first-order chi connectivity index (χ1) is 16.2. The molecule has 5 aliphatic carbocycles. The smallest absolute Gasteiger partial charge is 0.247 e. The molecule has 186 valence electrons. The van der Waals surface area contributed by atoms with Crippen molar-refractivity contribution in [2.24, 2.45) is 28.9 Å². The first-order valence-electron chi connectivity index (χ1n) is 12.5. The van der Waals surface area contributed by atoms with Crippen molar-refractivity contribution in [1.82, 2.24) is 5.32 Å². The quantitative estimate of drug-likeness (QED) is 0.512. The highest BCUT2D eigenvalue weighted by Gasteiger charge is 2.59. The van der Waals surface area contributed by atoms with Crippen LogP contribution in [0.3, 0.4) is 0 Å². The van der Waals surface area contributed by atoms with Crippen LogP contribution in [-0.4, -0.2) is 31.8 Å². The highest BCUT2D eigenvalue weighted by Crippen LogP contribution is 2.60. The molecule has 34 heavy (non-hydrogen) atoms. The van der Waals surface area contributed by atoms with Gasteiger partial charge in [0.15, 0.2) is 0 Å². The molecule has 5 saturated carbocycles. The molecule has 1 aromatic carbocycles. The van der Waals surface area contributed by atoms with Gasteiger partial charge in [0.05, 0.1) is 5.69 Å². The van der Waals surface area contributed by atoms with Gasteiger partial charge in [-0.3, -0.25) is 13.9 Å². The first-order valence-corrected chi connectivity index (χ1v) is 14.0. The van der Waals surface area contributed by atoms with Crippen molar-refractivity contribution in [2.45, 2.75) is 82.7 Å². The lowest BCUT2D eigenvalue weighted by molar-refractivity contribution is -0.148. The van der Waals surface area contributed by atoms with Crippen LogP contribution in [0, 0.1) is 30.1 Å². The Morgan fingerprint density at radius 1 is 1.09 bits per heavy atom. The van der Waals surface area contributed by atoms with Crippen LogP contribution in [-0.2, 0) is 20.5 Å². The summed E-state index contributed by atoms with van der Waals surface area (Å²) in [6.07, 6.45) is 7.82. The molecular weight excluding hydrogens is 474 g/mol. The molecule has 7 nitrogen and oxygen atoms in total. The number of nitrogens with one attached hydrogen (secondary N) is 1. The summed E-state index contributed by atoms with van der Waals surface area (Å²) in [6.45, 7) is 1.79. The number of anilines is 1. The number of nitrogens with zero attached hydrogens (tertiary/aromatic N) is 1. The van der Waals surface area contributed by atoms with Crippen LogP contribution in [0.25, 0.3) is 0 Å². The second-order valence-corrected chi connectivity index (χ2v) is 12.4. The summed E-state index contributed by atoms with van der Waals surface area (Å²) in [5.41, 5.74) is 5.36. The zero-order chi connectivity index (χ0) is 24.3. The van der Waals surface area contributed by atoms with E-state index >= 15 is 0 Å². The molecule has 2 atom stereocenters. The Morgan fingerprint density at radius 3 is 2.32 bits per heavy atom. The molecule has 5 aliphatic rings. The van der Waals surface area contributed by atoms with Crippen molar-refractivity contribution in [2.75, 3.05) is 4.31 Å². The summed E-state index contributed by atoms with van der Waals surface area (Å²) in [4.78, 5) is 26.4. The van der Waals surface area contributed by atoms with E-state index in [9.17, 15) is 18.0 Å². The molecule has 0 heterocycles. The van der Waals surface area contributed by atoms with E-state index in [4.69, 9.17) is 17.3 Å². The number of hydrogen-bond donors (Lipinski definition) is 3. The molecule has 5 fully saturated rings. The molecule has 2 amide bonds. The maximum Gasteiger partial charge on any atom is 0.247 e. The molecule has 4 bridgehead atoms. The van der Waals surface area contributed by atoms with Gasteiger partial charge in [-0.1, -0.05) is 36.9 Å². The topological polar surface area (TPSA) is 110 Å². The summed E-state index contributed by atoms with van der Waals surface area (Å²) >= 11 is 6.34. The predicted octanol–water partition coefficient (Wildman–Crippen LogP) is 3.48. The normalized spacial score (nSPS) is 33.6. The Morgan fingerprint density at radius 2 is 1.74 bits per heavy atom. The van der Waals surface area contributed by atoms with Crippen LogP contribution in [0.1, 0.15) is 69.8 Å². The molecule has 0 spiro atoms. The monoisotopic (exact) mass is 507 g/mol. The fourth-order valence-corrected chi connectivity index (χ4v) is 8.99. The Balaban J connectivity index is 1.48. The van der Waals surface area contributed by atoms with Crippen LogP contribution < -0.4 is 15.4 Å². The third-order valence-electron chi connectivity index (χ3n) is 9.23. The number of rotatable bonds is 6. The number of hydrogen-bond acceptors (Lipinski definition) is 4. The van der Waals surface area contributed by atoms with E-state index in [1.54, 1.807) is 25.1 Å². The molecule has 9 heteroatoms. The molecule has 6 rings (SSSR count). The van der Waals surface area contributed by atoms with Gasteiger partial charge in [0, 0.05) is 16.5 Å². The number of amides is 2. The van der Waals surface area contributed by atoms with Gasteiger partial charge < -0.3 is 11.1 Å². The SMILES string of the molecule is Cc1c(Cl)cccc1N([SH](=O)=O)C1(C(=O)NC2C3CC4CC2CC(C(N)=O)(C4)C3)CCCCC1. The number of carbonyl (C=O) groups is 2. The minimum atomic E-state index is -3.07. The van der Waals surface area contributed by atoms with E-state index < -0.39 is 21.8 Å². The zero-order valence-corrected chi connectivity index (χ0v) is 21.2. The summed E-state index contributed by atoms with van der Waals surface area (Å²) < 4.78 is 26.7. The summed E-state index contributed by atoms with van der Waals surface area (Å²) in [5.74, 6) is 0.503. The lowest BCUT2D eigenvalue weighted by atomic mass is 9.47. The number of carbonyl (C=O) groups excluding carboxylic acids is 2. The average Bonchev–Trinajstić information content (AvgIpc) is 2.79. The van der Waals surface area contributed by atoms with E-state index in [0.717, 1.165) is 51.4 Å². The third-order valence-corrected chi connectivity index (χ3v) is 10.6. The maximum absolute atomic E-state index is 14.1. The Hall–Kier alpha value is -1.80. The molecule has 0 radical (unpaired) electrons. The lowest BCUT2D eigenvalue weighted by Crippen LogP contribution is -2.66. The van der Waals surface area contributed by atoms with E-state index in [1.807, 2.05) is 0 Å². The van der Waals surface area contributed by atoms with E-state index in [1.165, 1.54) is 4.31 Å². The molecule has 2 unspecified atom stereocenters. The standard InChI is InChI=1S/C25H34ClN3O4S/c1-15-19(26)6-5-7-20(15)29(34(32)33)25(8-3-2-4-9-25)23(31)28-21-17-10-16-11-18(21)14-24(12-16,13-17)22(27)30/h5-7,16-18,21,34H,2-4,8-14H2,1H3,(H2,27,30)(H,28,31). The molecule has 0 aliphatic heterocycles. The fourth-order valence-electron chi connectivity index (χ4n) is 7.82. The van der Waals surface area contributed by atoms with E-state index in [2.05, 4.69) is 5.32 Å². The number of halogens is 1. The third kappa shape index (κ3) is 3.72. The van der Waals surface area contributed by atoms with Gasteiger partial charge in [0.2, 0.25) is 22.7 Å². The minimum Gasteiger partial charge on any atom is -0.369 e. The molecular formula is C25H34ClN3O4S. The molecule has 0 saturated heterocycles. The predicted molar refractivity (Wildman–Crippen MR) is 132 cm³/mol. The van der Waals surface area contributed by atoms with Crippen LogP contribution in [0.5, 0.6) is 0 Å². The number of primary amides is 1.